The second-order valence-corrected chi connectivity index (χ2v) is 10.2. The third-order valence-corrected chi connectivity index (χ3v) is 6.52. The molecule has 2 aromatic carbocycles. The molecule has 33 heavy (non-hydrogen) atoms. The number of hydrogen-bond donors (Lipinski definition) is 2. The van der Waals surface area contributed by atoms with Crippen molar-refractivity contribution in [3.05, 3.63) is 65.2 Å². The molecule has 2 aliphatic rings. The molecule has 2 N–H and O–H groups in total. The molecule has 2 atom stereocenters. The van der Waals surface area contributed by atoms with Gasteiger partial charge in [0.15, 0.2) is 0 Å². The molecule has 2 aromatic rings. The van der Waals surface area contributed by atoms with Gasteiger partial charge in [-0.2, -0.15) is 0 Å². The Kier molecular flexibility index (Phi) is 6.50. The van der Waals surface area contributed by atoms with Gasteiger partial charge in [-0.25, -0.2) is 0 Å². The molecule has 174 valence electrons. The number of carbonyl (C=O) groups excluding carboxylic acids is 2. The lowest BCUT2D eigenvalue weighted by Crippen LogP contribution is -2.52. The van der Waals surface area contributed by atoms with Gasteiger partial charge < -0.3 is 15.5 Å². The number of nitrogens with one attached hydrogen (secondary N) is 2. The Labute approximate surface area is 200 Å². The monoisotopic (exact) mass is 466 g/mol. The Morgan fingerprint density at radius 1 is 1.15 bits per heavy atom. The van der Waals surface area contributed by atoms with Crippen LogP contribution < -0.4 is 15.5 Å². The highest BCUT2D eigenvalue weighted by Gasteiger charge is 2.31. The molecule has 2 amide bonds. The van der Waals surface area contributed by atoms with Crippen LogP contribution in [0.25, 0.3) is 0 Å². The number of carbonyl (C=O) groups is 2. The van der Waals surface area contributed by atoms with Crippen molar-refractivity contribution >= 4 is 40.5 Å². The van der Waals surface area contributed by atoms with Crippen LogP contribution >= 0.6 is 11.6 Å². The lowest BCUT2D eigenvalue weighted by Gasteiger charge is -2.44. The number of fused-ring (bicyclic) bond motifs is 1. The highest BCUT2D eigenvalue weighted by atomic mass is 35.5. The Morgan fingerprint density at radius 3 is 2.61 bits per heavy atom. The Morgan fingerprint density at radius 2 is 1.91 bits per heavy atom. The SMILES string of the molecule is CC1CN(C2C=CC(=O)Nc3ccccc32)CCN1c1ccc(NC(=O)C(C)(C)C)cc1Cl. The first kappa shape index (κ1) is 23.3. The molecule has 2 heterocycles. The fraction of sp³-hybridized carbons (Fsp3) is 0.385. The van der Waals surface area contributed by atoms with E-state index in [4.69, 9.17) is 11.6 Å². The summed E-state index contributed by atoms with van der Waals surface area (Å²) in [5.74, 6) is -0.139. The van der Waals surface area contributed by atoms with Crippen molar-refractivity contribution in [2.45, 2.75) is 39.8 Å². The molecule has 7 heteroatoms. The predicted octanol–water partition coefficient (Wildman–Crippen LogP) is 5.08. The van der Waals surface area contributed by atoms with Gasteiger partial charge in [0.2, 0.25) is 11.8 Å². The molecule has 0 saturated carbocycles. The van der Waals surface area contributed by atoms with Crippen LogP contribution in [0.3, 0.4) is 0 Å². The summed E-state index contributed by atoms with van der Waals surface area (Å²) in [4.78, 5) is 29.1. The normalized spacial score (nSPS) is 21.2. The Bertz CT molecular complexity index is 1090. The molecular formula is C26H31ClN4O2. The van der Waals surface area contributed by atoms with E-state index >= 15 is 0 Å². The van der Waals surface area contributed by atoms with Gasteiger partial charge in [-0.05, 0) is 36.8 Å². The first-order valence-corrected chi connectivity index (χ1v) is 11.7. The van der Waals surface area contributed by atoms with Crippen LogP contribution in [-0.4, -0.2) is 42.4 Å². The Balaban J connectivity index is 1.50. The second kappa shape index (κ2) is 9.20. The van der Waals surface area contributed by atoms with Crippen molar-refractivity contribution in [3.63, 3.8) is 0 Å². The standard InChI is InChI=1S/C26H31ClN4O2/c1-17-16-30(22-11-12-24(32)29-21-8-6-5-7-19(21)22)13-14-31(17)23-10-9-18(15-20(23)27)28-25(33)26(2,3)4/h5-12,15,17,22H,13-14,16H2,1-4H3,(H,28,33)(H,29,32). The number of halogens is 1. The van der Waals surface area contributed by atoms with E-state index < -0.39 is 5.41 Å². The van der Waals surface area contributed by atoms with Gasteiger partial charge in [-0.1, -0.05) is 56.6 Å². The van der Waals surface area contributed by atoms with Crippen molar-refractivity contribution in [3.8, 4) is 0 Å². The molecule has 2 unspecified atom stereocenters. The smallest absolute Gasteiger partial charge is 0.248 e. The number of anilines is 3. The first-order chi connectivity index (χ1) is 15.6. The van der Waals surface area contributed by atoms with Crippen LogP contribution in [0, 0.1) is 5.41 Å². The third kappa shape index (κ3) is 5.07. The maximum atomic E-state index is 12.3. The lowest BCUT2D eigenvalue weighted by atomic mass is 9.95. The second-order valence-electron chi connectivity index (χ2n) is 9.79. The summed E-state index contributed by atoms with van der Waals surface area (Å²) in [6, 6.07) is 14.0. The van der Waals surface area contributed by atoms with Crippen LogP contribution in [0.5, 0.6) is 0 Å². The van der Waals surface area contributed by atoms with Crippen molar-refractivity contribution in [2.24, 2.45) is 5.41 Å². The number of piperazine rings is 1. The molecule has 0 spiro atoms. The number of para-hydroxylation sites is 1. The average Bonchev–Trinajstić information content (AvgIpc) is 2.92. The summed E-state index contributed by atoms with van der Waals surface area (Å²) in [6.07, 6.45) is 3.62. The van der Waals surface area contributed by atoms with Crippen molar-refractivity contribution in [1.82, 2.24) is 4.90 Å². The fourth-order valence-electron chi connectivity index (χ4n) is 4.38. The van der Waals surface area contributed by atoms with Crippen LogP contribution in [0.15, 0.2) is 54.6 Å². The quantitative estimate of drug-likeness (QED) is 0.661. The zero-order chi connectivity index (χ0) is 23.8. The zero-order valence-corrected chi connectivity index (χ0v) is 20.3. The van der Waals surface area contributed by atoms with Crippen molar-refractivity contribution in [2.75, 3.05) is 35.2 Å². The molecule has 0 bridgehead atoms. The van der Waals surface area contributed by atoms with E-state index in [-0.39, 0.29) is 23.9 Å². The van der Waals surface area contributed by atoms with Gasteiger partial charge in [-0.3, -0.25) is 14.5 Å². The van der Waals surface area contributed by atoms with Crippen molar-refractivity contribution in [1.29, 1.82) is 0 Å². The van der Waals surface area contributed by atoms with Crippen LogP contribution in [0.2, 0.25) is 5.02 Å². The van der Waals surface area contributed by atoms with Crippen LogP contribution in [0.4, 0.5) is 17.1 Å². The maximum Gasteiger partial charge on any atom is 0.248 e. The molecule has 2 aliphatic heterocycles. The molecule has 6 nitrogen and oxygen atoms in total. The summed E-state index contributed by atoms with van der Waals surface area (Å²) < 4.78 is 0. The summed E-state index contributed by atoms with van der Waals surface area (Å²) in [6.45, 7) is 10.3. The summed E-state index contributed by atoms with van der Waals surface area (Å²) in [7, 11) is 0. The zero-order valence-electron chi connectivity index (χ0n) is 19.6. The van der Waals surface area contributed by atoms with Crippen LogP contribution in [0.1, 0.15) is 39.3 Å². The largest absolute Gasteiger partial charge is 0.365 e. The average molecular weight is 467 g/mol. The first-order valence-electron chi connectivity index (χ1n) is 11.3. The summed E-state index contributed by atoms with van der Waals surface area (Å²) >= 11 is 6.65. The molecular weight excluding hydrogens is 436 g/mol. The number of hydrogen-bond acceptors (Lipinski definition) is 4. The number of amides is 2. The fourth-order valence-corrected chi connectivity index (χ4v) is 4.67. The van der Waals surface area contributed by atoms with Gasteiger partial charge in [0.05, 0.1) is 16.8 Å². The molecule has 0 radical (unpaired) electrons. The molecule has 1 saturated heterocycles. The van der Waals surface area contributed by atoms with E-state index in [1.807, 2.05) is 63.2 Å². The lowest BCUT2D eigenvalue weighted by molar-refractivity contribution is -0.123. The van der Waals surface area contributed by atoms with Crippen molar-refractivity contribution < 1.29 is 9.59 Å². The number of benzene rings is 2. The topological polar surface area (TPSA) is 64.7 Å². The minimum Gasteiger partial charge on any atom is -0.365 e. The van der Waals surface area contributed by atoms with E-state index in [1.54, 1.807) is 6.08 Å². The van der Waals surface area contributed by atoms with E-state index in [9.17, 15) is 9.59 Å². The Hall–Kier alpha value is -2.83. The minimum absolute atomic E-state index is 0.0372. The summed E-state index contributed by atoms with van der Waals surface area (Å²) in [5.41, 5.74) is 3.17. The number of rotatable bonds is 3. The highest BCUT2D eigenvalue weighted by Crippen LogP contribution is 2.36. The van der Waals surface area contributed by atoms with Gasteiger partial charge in [0.25, 0.3) is 0 Å². The van der Waals surface area contributed by atoms with Gasteiger partial charge in [0.1, 0.15) is 0 Å². The highest BCUT2D eigenvalue weighted by molar-refractivity contribution is 6.33. The molecule has 4 rings (SSSR count). The summed E-state index contributed by atoms with van der Waals surface area (Å²) in [5, 5.41) is 6.53. The molecule has 1 fully saturated rings. The van der Waals surface area contributed by atoms with Gasteiger partial charge in [0, 0.05) is 48.5 Å². The predicted molar refractivity (Wildman–Crippen MR) is 135 cm³/mol. The number of nitrogens with zero attached hydrogens (tertiary/aromatic N) is 2. The van der Waals surface area contributed by atoms with E-state index in [2.05, 4.69) is 33.4 Å². The maximum absolute atomic E-state index is 12.3. The molecule has 0 aromatic heterocycles. The minimum atomic E-state index is -0.471. The van der Waals surface area contributed by atoms with E-state index in [1.165, 1.54) is 0 Å². The van der Waals surface area contributed by atoms with E-state index in [0.717, 1.165) is 36.6 Å². The van der Waals surface area contributed by atoms with Crippen LogP contribution in [-0.2, 0) is 9.59 Å². The van der Waals surface area contributed by atoms with Gasteiger partial charge in [-0.15, -0.1) is 0 Å². The van der Waals surface area contributed by atoms with E-state index in [0.29, 0.717) is 10.7 Å². The van der Waals surface area contributed by atoms with Gasteiger partial charge >= 0.3 is 0 Å². The molecule has 0 aliphatic carbocycles. The third-order valence-electron chi connectivity index (χ3n) is 6.22.